The van der Waals surface area contributed by atoms with E-state index in [2.05, 4.69) is 5.32 Å². The molecular formula is C14H26N2O3. The van der Waals surface area contributed by atoms with Crippen molar-refractivity contribution in [2.75, 3.05) is 13.6 Å². The number of hydrogen-bond donors (Lipinski definition) is 2. The van der Waals surface area contributed by atoms with Gasteiger partial charge < -0.3 is 15.3 Å². The van der Waals surface area contributed by atoms with Crippen molar-refractivity contribution in [2.45, 2.75) is 57.9 Å². The molecule has 1 atom stereocenters. The molecule has 0 aromatic rings. The third-order valence-electron chi connectivity index (χ3n) is 3.96. The van der Waals surface area contributed by atoms with Gasteiger partial charge in [0.25, 0.3) is 0 Å². The van der Waals surface area contributed by atoms with E-state index in [1.165, 1.54) is 25.7 Å². The maximum absolute atomic E-state index is 12.1. The molecule has 1 fully saturated rings. The van der Waals surface area contributed by atoms with E-state index in [1.54, 1.807) is 18.9 Å². The molecule has 19 heavy (non-hydrogen) atoms. The van der Waals surface area contributed by atoms with Crippen LogP contribution in [0.3, 0.4) is 0 Å². The van der Waals surface area contributed by atoms with Crippen molar-refractivity contribution in [1.29, 1.82) is 0 Å². The van der Waals surface area contributed by atoms with Gasteiger partial charge in [0.1, 0.15) is 5.54 Å². The first-order valence-electron chi connectivity index (χ1n) is 7.15. The topological polar surface area (TPSA) is 69.6 Å². The maximum Gasteiger partial charge on any atom is 0.329 e. The molecule has 0 saturated heterocycles. The van der Waals surface area contributed by atoms with Gasteiger partial charge in [-0.3, -0.25) is 0 Å². The Hall–Kier alpha value is -1.26. The summed E-state index contributed by atoms with van der Waals surface area (Å²) in [5, 5.41) is 11.9. The van der Waals surface area contributed by atoms with E-state index in [1.807, 2.05) is 6.92 Å². The molecule has 110 valence electrons. The van der Waals surface area contributed by atoms with Gasteiger partial charge in [-0.1, -0.05) is 26.2 Å². The van der Waals surface area contributed by atoms with Crippen LogP contribution in [0, 0.1) is 5.92 Å². The summed E-state index contributed by atoms with van der Waals surface area (Å²) in [6.07, 6.45) is 5.97. The summed E-state index contributed by atoms with van der Waals surface area (Å²) >= 11 is 0. The highest BCUT2D eigenvalue weighted by molar-refractivity contribution is 5.85. The van der Waals surface area contributed by atoms with Crippen LogP contribution in [0.15, 0.2) is 0 Å². The fourth-order valence-electron chi connectivity index (χ4n) is 2.72. The van der Waals surface area contributed by atoms with Crippen LogP contribution in [0.1, 0.15) is 52.4 Å². The number of carbonyl (C=O) groups is 2. The summed E-state index contributed by atoms with van der Waals surface area (Å²) in [6, 6.07) is -0.287. The molecule has 5 nitrogen and oxygen atoms in total. The lowest BCUT2D eigenvalue weighted by Gasteiger charge is -2.29. The van der Waals surface area contributed by atoms with Gasteiger partial charge in [-0.2, -0.15) is 0 Å². The van der Waals surface area contributed by atoms with E-state index >= 15 is 0 Å². The maximum atomic E-state index is 12.1. The Bertz CT molecular complexity index is 327. The van der Waals surface area contributed by atoms with Crippen molar-refractivity contribution in [3.63, 3.8) is 0 Å². The zero-order chi connectivity index (χ0) is 14.5. The predicted molar refractivity (Wildman–Crippen MR) is 74.1 cm³/mol. The lowest BCUT2D eigenvalue weighted by Crippen LogP contribution is -2.55. The molecule has 0 radical (unpaired) electrons. The first kappa shape index (κ1) is 15.8. The summed E-state index contributed by atoms with van der Waals surface area (Å²) in [4.78, 5) is 25.0. The second kappa shape index (κ2) is 6.78. The summed E-state index contributed by atoms with van der Waals surface area (Å²) in [5.74, 6) is -0.407. The minimum Gasteiger partial charge on any atom is -0.480 e. The Morgan fingerprint density at radius 2 is 1.95 bits per heavy atom. The number of amides is 2. The van der Waals surface area contributed by atoms with Crippen LogP contribution in [-0.4, -0.2) is 41.1 Å². The standard InChI is InChI=1S/C14H26N2O3/c1-4-9-14(2,12(17)18)15-13(19)16(3)10-11-7-5-6-8-11/h11H,4-10H2,1-3H3,(H,15,19)(H,17,18). The van der Waals surface area contributed by atoms with Gasteiger partial charge in [-0.25, -0.2) is 9.59 Å². The predicted octanol–water partition coefficient (Wildman–Crippen LogP) is 2.46. The third-order valence-corrected chi connectivity index (χ3v) is 3.96. The Morgan fingerprint density at radius 3 is 2.42 bits per heavy atom. The number of nitrogens with one attached hydrogen (secondary N) is 1. The monoisotopic (exact) mass is 270 g/mol. The molecule has 1 saturated carbocycles. The van der Waals surface area contributed by atoms with Crippen LogP contribution < -0.4 is 5.32 Å². The number of carboxylic acids is 1. The highest BCUT2D eigenvalue weighted by Gasteiger charge is 2.35. The van der Waals surface area contributed by atoms with Gasteiger partial charge >= 0.3 is 12.0 Å². The van der Waals surface area contributed by atoms with Crippen LogP contribution >= 0.6 is 0 Å². The number of carbonyl (C=O) groups excluding carboxylic acids is 1. The molecule has 0 aromatic heterocycles. The van der Waals surface area contributed by atoms with Gasteiger partial charge in [-0.05, 0) is 32.1 Å². The van der Waals surface area contributed by atoms with E-state index in [0.717, 1.165) is 6.42 Å². The van der Waals surface area contributed by atoms with Gasteiger partial charge in [0.15, 0.2) is 0 Å². The van der Waals surface area contributed by atoms with Crippen LogP contribution in [-0.2, 0) is 4.79 Å². The molecule has 0 aromatic carbocycles. The average molecular weight is 270 g/mol. The van der Waals surface area contributed by atoms with Crippen LogP contribution in [0.5, 0.6) is 0 Å². The van der Waals surface area contributed by atoms with Crippen molar-refractivity contribution < 1.29 is 14.7 Å². The van der Waals surface area contributed by atoms with Gasteiger partial charge in [0, 0.05) is 13.6 Å². The minimum atomic E-state index is -1.17. The molecule has 1 aliphatic rings. The normalized spacial score (nSPS) is 18.9. The number of nitrogens with zero attached hydrogens (tertiary/aromatic N) is 1. The summed E-state index contributed by atoms with van der Waals surface area (Å²) in [5.41, 5.74) is -1.17. The fourth-order valence-corrected chi connectivity index (χ4v) is 2.72. The Labute approximate surface area is 115 Å². The van der Waals surface area contributed by atoms with Gasteiger partial charge in [-0.15, -0.1) is 0 Å². The smallest absolute Gasteiger partial charge is 0.329 e. The third kappa shape index (κ3) is 4.40. The second-order valence-electron chi connectivity index (χ2n) is 5.85. The Balaban J connectivity index is 2.53. The van der Waals surface area contributed by atoms with Gasteiger partial charge in [0.05, 0.1) is 0 Å². The number of hydrogen-bond acceptors (Lipinski definition) is 2. The molecule has 0 aliphatic heterocycles. The molecule has 2 amide bonds. The van der Waals surface area contributed by atoms with E-state index in [-0.39, 0.29) is 6.03 Å². The van der Waals surface area contributed by atoms with Crippen LogP contribution in [0.25, 0.3) is 0 Å². The van der Waals surface area contributed by atoms with E-state index in [0.29, 0.717) is 18.9 Å². The molecule has 2 N–H and O–H groups in total. The first-order chi connectivity index (χ1) is 8.89. The largest absolute Gasteiger partial charge is 0.480 e. The fraction of sp³-hybridized carbons (Fsp3) is 0.857. The van der Waals surface area contributed by atoms with Crippen molar-refractivity contribution in [3.8, 4) is 0 Å². The SMILES string of the molecule is CCCC(C)(NC(=O)N(C)CC1CCCC1)C(=O)O. The Kier molecular flexibility index (Phi) is 5.63. The average Bonchev–Trinajstić information content (AvgIpc) is 2.81. The molecule has 0 spiro atoms. The molecule has 0 heterocycles. The highest BCUT2D eigenvalue weighted by Crippen LogP contribution is 2.25. The van der Waals surface area contributed by atoms with E-state index < -0.39 is 11.5 Å². The lowest BCUT2D eigenvalue weighted by atomic mass is 9.96. The second-order valence-corrected chi connectivity index (χ2v) is 5.85. The van der Waals surface area contributed by atoms with Gasteiger partial charge in [0.2, 0.25) is 0 Å². The number of urea groups is 1. The molecular weight excluding hydrogens is 244 g/mol. The number of aliphatic carboxylic acids is 1. The van der Waals surface area contributed by atoms with Crippen LogP contribution in [0.2, 0.25) is 0 Å². The minimum absolute atomic E-state index is 0.287. The Morgan fingerprint density at radius 1 is 1.37 bits per heavy atom. The summed E-state index contributed by atoms with van der Waals surface area (Å²) in [7, 11) is 1.74. The molecule has 1 unspecified atom stereocenters. The molecule has 1 rings (SSSR count). The zero-order valence-corrected chi connectivity index (χ0v) is 12.2. The summed E-state index contributed by atoms with van der Waals surface area (Å²) < 4.78 is 0. The first-order valence-corrected chi connectivity index (χ1v) is 7.15. The number of carboxylic acid groups (broad SMARTS) is 1. The number of rotatable bonds is 6. The van der Waals surface area contributed by atoms with Crippen molar-refractivity contribution in [1.82, 2.24) is 10.2 Å². The van der Waals surface area contributed by atoms with E-state index in [9.17, 15) is 14.7 Å². The van der Waals surface area contributed by atoms with E-state index in [4.69, 9.17) is 0 Å². The highest BCUT2D eigenvalue weighted by atomic mass is 16.4. The molecule has 0 bridgehead atoms. The summed E-state index contributed by atoms with van der Waals surface area (Å²) in [6.45, 7) is 4.20. The van der Waals surface area contributed by atoms with Crippen molar-refractivity contribution in [3.05, 3.63) is 0 Å². The molecule has 1 aliphatic carbocycles. The quantitative estimate of drug-likeness (QED) is 0.779. The molecule has 5 heteroatoms. The van der Waals surface area contributed by atoms with Crippen LogP contribution in [0.4, 0.5) is 4.79 Å². The zero-order valence-electron chi connectivity index (χ0n) is 12.2. The lowest BCUT2D eigenvalue weighted by molar-refractivity contribution is -0.144. The van der Waals surface area contributed by atoms with Crippen molar-refractivity contribution in [2.24, 2.45) is 5.92 Å². The van der Waals surface area contributed by atoms with Crippen molar-refractivity contribution >= 4 is 12.0 Å².